The maximum Gasteiger partial charge on any atom is 0.160 e. The van der Waals surface area contributed by atoms with Crippen LogP contribution in [0.25, 0.3) is 0 Å². The van der Waals surface area contributed by atoms with Crippen molar-refractivity contribution in [2.24, 2.45) is 0 Å². The number of rotatable bonds is 3. The first-order valence-corrected chi connectivity index (χ1v) is 7.50. The third-order valence-corrected chi connectivity index (χ3v) is 4.08. The number of ketones is 1. The SMILES string of the molecule is CC(=O)c1ccc(Br)cc1Sc1cc(C)cc(C)n1. The minimum atomic E-state index is 0.0689. The molecule has 0 amide bonds. The lowest BCUT2D eigenvalue weighted by molar-refractivity contribution is 0.101. The first kappa shape index (κ1) is 14.3. The number of aryl methyl sites for hydroxylation is 2. The highest BCUT2D eigenvalue weighted by Crippen LogP contribution is 2.32. The Balaban J connectivity index is 2.42. The molecule has 1 aromatic carbocycles. The van der Waals surface area contributed by atoms with Crippen molar-refractivity contribution in [3.63, 3.8) is 0 Å². The molecule has 2 aromatic rings. The monoisotopic (exact) mass is 335 g/mol. The largest absolute Gasteiger partial charge is 0.294 e. The molecule has 19 heavy (non-hydrogen) atoms. The zero-order valence-corrected chi connectivity index (χ0v) is 13.4. The fourth-order valence-electron chi connectivity index (χ4n) is 1.84. The molecular formula is C15H14BrNOS. The molecule has 0 aliphatic carbocycles. The average molecular weight is 336 g/mol. The van der Waals surface area contributed by atoms with Crippen molar-refractivity contribution in [2.75, 3.05) is 0 Å². The molecule has 0 fully saturated rings. The van der Waals surface area contributed by atoms with Crippen molar-refractivity contribution in [1.29, 1.82) is 0 Å². The predicted molar refractivity (Wildman–Crippen MR) is 82.0 cm³/mol. The predicted octanol–water partition coefficient (Wildman–Crippen LogP) is 4.81. The molecule has 0 N–H and O–H groups in total. The Bertz CT molecular complexity index is 620. The van der Waals surface area contributed by atoms with Crippen molar-refractivity contribution in [3.05, 3.63) is 51.6 Å². The first-order chi connectivity index (χ1) is 8.95. The number of Topliss-reactive ketones (excluding diaryl/α,β-unsaturated/α-hetero) is 1. The van der Waals surface area contributed by atoms with Gasteiger partial charge in [-0.05, 0) is 56.7 Å². The number of hydrogen-bond donors (Lipinski definition) is 0. The van der Waals surface area contributed by atoms with Gasteiger partial charge < -0.3 is 0 Å². The summed E-state index contributed by atoms with van der Waals surface area (Å²) in [5, 5.41) is 0.915. The van der Waals surface area contributed by atoms with Gasteiger partial charge in [-0.25, -0.2) is 4.98 Å². The van der Waals surface area contributed by atoms with Gasteiger partial charge in [0.2, 0.25) is 0 Å². The van der Waals surface area contributed by atoms with E-state index >= 15 is 0 Å². The molecule has 0 radical (unpaired) electrons. The minimum Gasteiger partial charge on any atom is -0.294 e. The summed E-state index contributed by atoms with van der Waals surface area (Å²) in [6.45, 7) is 5.61. The van der Waals surface area contributed by atoms with E-state index in [2.05, 4.69) is 20.9 Å². The molecule has 2 rings (SSSR count). The second kappa shape index (κ2) is 5.88. The van der Waals surface area contributed by atoms with Crippen molar-refractivity contribution >= 4 is 33.5 Å². The Morgan fingerprint density at radius 2 is 1.95 bits per heavy atom. The minimum absolute atomic E-state index is 0.0689. The average Bonchev–Trinajstić information content (AvgIpc) is 2.26. The highest BCUT2D eigenvalue weighted by molar-refractivity contribution is 9.10. The summed E-state index contributed by atoms with van der Waals surface area (Å²) < 4.78 is 0.962. The van der Waals surface area contributed by atoms with Crippen LogP contribution in [-0.4, -0.2) is 10.8 Å². The fraction of sp³-hybridized carbons (Fsp3) is 0.200. The molecular weight excluding hydrogens is 322 g/mol. The highest BCUT2D eigenvalue weighted by Gasteiger charge is 2.10. The summed E-state index contributed by atoms with van der Waals surface area (Å²) >= 11 is 4.97. The summed E-state index contributed by atoms with van der Waals surface area (Å²) in [5.74, 6) is 0.0689. The van der Waals surface area contributed by atoms with Crippen LogP contribution in [-0.2, 0) is 0 Å². The van der Waals surface area contributed by atoms with Crippen molar-refractivity contribution in [1.82, 2.24) is 4.98 Å². The molecule has 0 saturated carbocycles. The molecule has 2 nitrogen and oxygen atoms in total. The topological polar surface area (TPSA) is 30.0 Å². The molecule has 0 atom stereocenters. The second-order valence-electron chi connectivity index (χ2n) is 4.42. The highest BCUT2D eigenvalue weighted by atomic mass is 79.9. The van der Waals surface area contributed by atoms with E-state index in [0.29, 0.717) is 0 Å². The fourth-order valence-corrected chi connectivity index (χ4v) is 3.52. The molecule has 1 aromatic heterocycles. The molecule has 0 aliphatic rings. The molecule has 1 heterocycles. The molecule has 98 valence electrons. The van der Waals surface area contributed by atoms with Gasteiger partial charge in [0.1, 0.15) is 5.03 Å². The number of carbonyl (C=O) groups excluding carboxylic acids is 1. The standard InChI is InChI=1S/C15H14BrNOS/c1-9-6-10(2)17-15(7-9)19-14-8-12(16)4-5-13(14)11(3)18/h4-8H,1-3H3. The molecule has 0 saturated heterocycles. The zero-order chi connectivity index (χ0) is 14.0. The number of halogens is 1. The van der Waals surface area contributed by atoms with Crippen LogP contribution in [0.5, 0.6) is 0 Å². The van der Waals surface area contributed by atoms with Crippen molar-refractivity contribution in [2.45, 2.75) is 30.7 Å². The zero-order valence-electron chi connectivity index (χ0n) is 11.0. The van der Waals surface area contributed by atoms with Gasteiger partial charge in [-0.3, -0.25) is 4.79 Å². The first-order valence-electron chi connectivity index (χ1n) is 5.89. The van der Waals surface area contributed by atoms with Crippen LogP contribution in [0.2, 0.25) is 0 Å². The summed E-state index contributed by atoms with van der Waals surface area (Å²) in [4.78, 5) is 17.1. The lowest BCUT2D eigenvalue weighted by Gasteiger charge is -2.08. The molecule has 0 spiro atoms. The summed E-state index contributed by atoms with van der Waals surface area (Å²) in [5.41, 5.74) is 2.89. The van der Waals surface area contributed by atoms with E-state index < -0.39 is 0 Å². The van der Waals surface area contributed by atoms with E-state index in [9.17, 15) is 4.79 Å². The Kier molecular flexibility index (Phi) is 4.42. The number of benzene rings is 1. The number of pyridine rings is 1. The Morgan fingerprint density at radius 3 is 2.58 bits per heavy atom. The van der Waals surface area contributed by atoms with Crippen LogP contribution in [0, 0.1) is 13.8 Å². The van der Waals surface area contributed by atoms with Crippen LogP contribution in [0.3, 0.4) is 0 Å². The van der Waals surface area contributed by atoms with Gasteiger partial charge in [0.05, 0.1) is 0 Å². The van der Waals surface area contributed by atoms with Gasteiger partial charge in [-0.15, -0.1) is 0 Å². The normalized spacial score (nSPS) is 10.5. The number of carbonyl (C=O) groups is 1. The van der Waals surface area contributed by atoms with E-state index in [-0.39, 0.29) is 5.78 Å². The lowest BCUT2D eigenvalue weighted by Crippen LogP contribution is -1.95. The van der Waals surface area contributed by atoms with E-state index in [1.54, 1.807) is 6.92 Å². The molecule has 0 unspecified atom stereocenters. The third-order valence-electron chi connectivity index (χ3n) is 2.61. The maximum atomic E-state index is 11.7. The van der Waals surface area contributed by atoms with Gasteiger partial charge in [0.15, 0.2) is 5.78 Å². The van der Waals surface area contributed by atoms with Crippen LogP contribution in [0.1, 0.15) is 28.5 Å². The second-order valence-corrected chi connectivity index (χ2v) is 6.40. The molecule has 0 bridgehead atoms. The van der Waals surface area contributed by atoms with E-state index in [1.807, 2.05) is 44.2 Å². The number of nitrogens with zero attached hydrogens (tertiary/aromatic N) is 1. The quantitative estimate of drug-likeness (QED) is 0.753. The Morgan fingerprint density at radius 1 is 1.21 bits per heavy atom. The van der Waals surface area contributed by atoms with Gasteiger partial charge in [-0.2, -0.15) is 0 Å². The summed E-state index contributed by atoms with van der Waals surface area (Å²) in [6.07, 6.45) is 0. The van der Waals surface area contributed by atoms with Crippen LogP contribution < -0.4 is 0 Å². The van der Waals surface area contributed by atoms with E-state index in [0.717, 1.165) is 25.7 Å². The Hall–Kier alpha value is -1.13. The third kappa shape index (κ3) is 3.67. The van der Waals surface area contributed by atoms with Crippen LogP contribution >= 0.6 is 27.7 Å². The van der Waals surface area contributed by atoms with Crippen LogP contribution in [0.4, 0.5) is 0 Å². The van der Waals surface area contributed by atoms with Crippen molar-refractivity contribution in [3.8, 4) is 0 Å². The summed E-state index contributed by atoms with van der Waals surface area (Å²) in [7, 11) is 0. The Labute approximate surface area is 125 Å². The van der Waals surface area contributed by atoms with Crippen LogP contribution in [0.15, 0.2) is 44.7 Å². The summed E-state index contributed by atoms with van der Waals surface area (Å²) in [6, 6.07) is 9.76. The number of aromatic nitrogens is 1. The van der Waals surface area contributed by atoms with Gasteiger partial charge in [0.25, 0.3) is 0 Å². The smallest absolute Gasteiger partial charge is 0.160 e. The maximum absolute atomic E-state index is 11.7. The van der Waals surface area contributed by atoms with Gasteiger partial charge in [-0.1, -0.05) is 27.7 Å². The lowest BCUT2D eigenvalue weighted by atomic mass is 10.1. The van der Waals surface area contributed by atoms with E-state index in [1.165, 1.54) is 17.3 Å². The number of hydrogen-bond acceptors (Lipinski definition) is 3. The van der Waals surface area contributed by atoms with E-state index in [4.69, 9.17) is 0 Å². The van der Waals surface area contributed by atoms with Crippen molar-refractivity contribution < 1.29 is 4.79 Å². The molecule has 0 aliphatic heterocycles. The van der Waals surface area contributed by atoms with Gasteiger partial charge >= 0.3 is 0 Å². The molecule has 4 heteroatoms. The van der Waals surface area contributed by atoms with Gasteiger partial charge in [0, 0.05) is 20.6 Å².